The predicted molar refractivity (Wildman–Crippen MR) is 61.1 cm³/mol. The van der Waals surface area contributed by atoms with Gasteiger partial charge < -0.3 is 4.90 Å². The Hall–Kier alpha value is -0.490. The Morgan fingerprint density at radius 2 is 2.43 bits per heavy atom. The van der Waals surface area contributed by atoms with Crippen LogP contribution in [0.1, 0.15) is 26.7 Å². The van der Waals surface area contributed by atoms with E-state index in [9.17, 15) is 4.79 Å². The Morgan fingerprint density at radius 3 is 2.79 bits per heavy atom. The van der Waals surface area contributed by atoms with Gasteiger partial charge in [0.1, 0.15) is 5.54 Å². The third kappa shape index (κ3) is 1.95. The topological polar surface area (TPSA) is 20.3 Å². The largest absolute Gasteiger partial charge is 0.326 e. The van der Waals surface area contributed by atoms with Crippen LogP contribution in [0.15, 0.2) is 0 Å². The minimum Gasteiger partial charge on any atom is -0.326 e. The van der Waals surface area contributed by atoms with Crippen molar-refractivity contribution >= 4 is 21.8 Å². The molecule has 0 aromatic rings. The quantitative estimate of drug-likeness (QED) is 0.560. The van der Waals surface area contributed by atoms with Crippen molar-refractivity contribution in [2.75, 3.05) is 11.9 Å². The van der Waals surface area contributed by atoms with Gasteiger partial charge in [0, 0.05) is 18.3 Å². The van der Waals surface area contributed by atoms with Crippen LogP contribution in [0.4, 0.5) is 0 Å². The summed E-state index contributed by atoms with van der Waals surface area (Å²) in [6.07, 6.45) is 6.93. The molecule has 2 atom stereocenters. The Bertz CT molecular complexity index is 271. The molecule has 1 heterocycles. The first-order valence-electron chi connectivity index (χ1n) is 4.91. The van der Waals surface area contributed by atoms with E-state index in [0.29, 0.717) is 12.3 Å². The highest BCUT2D eigenvalue weighted by Crippen LogP contribution is 2.28. The molecular weight excluding hydrogens is 242 g/mol. The summed E-state index contributed by atoms with van der Waals surface area (Å²) in [5, 5.41) is 0.875. The van der Waals surface area contributed by atoms with Crippen molar-refractivity contribution in [2.24, 2.45) is 5.92 Å². The van der Waals surface area contributed by atoms with Gasteiger partial charge in [0.15, 0.2) is 0 Å². The highest BCUT2D eigenvalue weighted by atomic mass is 79.9. The van der Waals surface area contributed by atoms with E-state index < -0.39 is 5.54 Å². The maximum Gasteiger partial charge on any atom is 0.224 e. The van der Waals surface area contributed by atoms with Gasteiger partial charge in [0.05, 0.1) is 0 Å². The Labute approximate surface area is 94.2 Å². The zero-order valence-corrected chi connectivity index (χ0v) is 10.3. The van der Waals surface area contributed by atoms with E-state index in [4.69, 9.17) is 6.42 Å². The number of halogens is 1. The number of alkyl halides is 1. The number of amides is 1. The summed E-state index contributed by atoms with van der Waals surface area (Å²) in [6.45, 7) is 4.77. The van der Waals surface area contributed by atoms with E-state index in [0.717, 1.165) is 18.3 Å². The Balaban J connectivity index is 2.80. The second-order valence-corrected chi connectivity index (χ2v) is 4.65. The SMILES string of the molecule is C#CC(C)(CC)N1CC(CBr)CC1=O. The van der Waals surface area contributed by atoms with Crippen LogP contribution in [0.2, 0.25) is 0 Å². The molecule has 0 N–H and O–H groups in total. The van der Waals surface area contributed by atoms with Crippen molar-refractivity contribution in [3.05, 3.63) is 0 Å². The second-order valence-electron chi connectivity index (χ2n) is 4.00. The molecule has 0 spiro atoms. The van der Waals surface area contributed by atoms with Crippen molar-refractivity contribution in [1.29, 1.82) is 0 Å². The molecule has 1 rings (SSSR count). The zero-order valence-electron chi connectivity index (χ0n) is 8.72. The molecule has 0 radical (unpaired) electrons. The minimum absolute atomic E-state index is 0.191. The molecule has 0 aromatic heterocycles. The molecular formula is C11H16BrNO. The van der Waals surface area contributed by atoms with Crippen LogP contribution in [-0.4, -0.2) is 28.2 Å². The highest BCUT2D eigenvalue weighted by molar-refractivity contribution is 9.09. The molecule has 1 amide bonds. The van der Waals surface area contributed by atoms with Gasteiger partial charge in [-0.25, -0.2) is 0 Å². The van der Waals surface area contributed by atoms with E-state index in [2.05, 4.69) is 21.9 Å². The summed E-state index contributed by atoms with van der Waals surface area (Å²) in [5.41, 5.74) is -0.395. The highest BCUT2D eigenvalue weighted by Gasteiger charge is 2.38. The number of nitrogens with zero attached hydrogens (tertiary/aromatic N) is 1. The summed E-state index contributed by atoms with van der Waals surface area (Å²) in [5.74, 6) is 3.34. The van der Waals surface area contributed by atoms with Crippen LogP contribution in [-0.2, 0) is 4.79 Å². The molecule has 1 fully saturated rings. The van der Waals surface area contributed by atoms with Crippen LogP contribution in [0.3, 0.4) is 0 Å². The number of hydrogen-bond donors (Lipinski definition) is 0. The van der Waals surface area contributed by atoms with E-state index in [1.807, 2.05) is 18.7 Å². The van der Waals surface area contributed by atoms with Crippen molar-refractivity contribution in [3.63, 3.8) is 0 Å². The molecule has 0 aromatic carbocycles. The number of rotatable bonds is 3. The van der Waals surface area contributed by atoms with E-state index in [1.54, 1.807) is 0 Å². The van der Waals surface area contributed by atoms with Gasteiger partial charge in [0.2, 0.25) is 5.91 Å². The van der Waals surface area contributed by atoms with Crippen LogP contribution in [0.25, 0.3) is 0 Å². The fraction of sp³-hybridized carbons (Fsp3) is 0.727. The van der Waals surface area contributed by atoms with Gasteiger partial charge in [0.25, 0.3) is 0 Å². The third-order valence-electron chi connectivity index (χ3n) is 3.02. The van der Waals surface area contributed by atoms with Gasteiger partial charge in [-0.3, -0.25) is 4.79 Å². The second kappa shape index (κ2) is 4.35. The van der Waals surface area contributed by atoms with Gasteiger partial charge in [-0.15, -0.1) is 6.42 Å². The first-order valence-corrected chi connectivity index (χ1v) is 6.03. The molecule has 1 saturated heterocycles. The van der Waals surface area contributed by atoms with Crippen molar-refractivity contribution in [3.8, 4) is 12.3 Å². The number of hydrogen-bond acceptors (Lipinski definition) is 1. The molecule has 0 bridgehead atoms. The lowest BCUT2D eigenvalue weighted by Crippen LogP contribution is -2.45. The summed E-state index contributed by atoms with van der Waals surface area (Å²) in [4.78, 5) is 13.6. The lowest BCUT2D eigenvalue weighted by molar-refractivity contribution is -0.131. The molecule has 1 aliphatic heterocycles. The lowest BCUT2D eigenvalue weighted by atomic mass is 9.98. The maximum absolute atomic E-state index is 11.7. The standard InChI is InChI=1S/C11H16BrNO/c1-4-11(3,5-2)13-8-9(7-12)6-10(13)14/h1,9H,5-8H2,2-3H3. The summed E-state index contributed by atoms with van der Waals surface area (Å²) < 4.78 is 0. The van der Waals surface area contributed by atoms with Gasteiger partial charge >= 0.3 is 0 Å². The fourth-order valence-corrected chi connectivity index (χ4v) is 2.17. The molecule has 78 valence electrons. The fourth-order valence-electron chi connectivity index (χ4n) is 1.73. The molecule has 0 saturated carbocycles. The maximum atomic E-state index is 11.7. The number of likely N-dealkylation sites (tertiary alicyclic amines) is 1. The predicted octanol–water partition coefficient (Wildman–Crippen LogP) is 2.03. The van der Waals surface area contributed by atoms with E-state index in [1.165, 1.54) is 0 Å². The average Bonchev–Trinajstić information content (AvgIpc) is 2.59. The molecule has 0 aliphatic carbocycles. The summed E-state index contributed by atoms with van der Waals surface area (Å²) in [6, 6.07) is 0. The normalized spacial score (nSPS) is 26.0. The molecule has 1 aliphatic rings. The lowest BCUT2D eigenvalue weighted by Gasteiger charge is -2.33. The molecule has 2 unspecified atom stereocenters. The van der Waals surface area contributed by atoms with Crippen molar-refractivity contribution in [2.45, 2.75) is 32.2 Å². The summed E-state index contributed by atoms with van der Waals surface area (Å²) >= 11 is 3.41. The van der Waals surface area contributed by atoms with Crippen LogP contribution in [0.5, 0.6) is 0 Å². The smallest absolute Gasteiger partial charge is 0.224 e. The zero-order chi connectivity index (χ0) is 10.8. The van der Waals surface area contributed by atoms with Gasteiger partial charge in [-0.2, -0.15) is 0 Å². The van der Waals surface area contributed by atoms with E-state index >= 15 is 0 Å². The average molecular weight is 258 g/mol. The number of carbonyl (C=O) groups is 1. The minimum atomic E-state index is -0.395. The van der Waals surface area contributed by atoms with Crippen LogP contribution < -0.4 is 0 Å². The Morgan fingerprint density at radius 1 is 1.79 bits per heavy atom. The molecule has 2 nitrogen and oxygen atoms in total. The summed E-state index contributed by atoms with van der Waals surface area (Å²) in [7, 11) is 0. The Kier molecular flexibility index (Phi) is 3.60. The van der Waals surface area contributed by atoms with Crippen molar-refractivity contribution in [1.82, 2.24) is 4.90 Å². The van der Waals surface area contributed by atoms with E-state index in [-0.39, 0.29) is 5.91 Å². The molecule has 3 heteroatoms. The molecule has 14 heavy (non-hydrogen) atoms. The van der Waals surface area contributed by atoms with Gasteiger partial charge in [-0.05, 0) is 19.3 Å². The number of carbonyl (C=O) groups excluding carboxylic acids is 1. The first-order chi connectivity index (χ1) is 6.57. The van der Waals surface area contributed by atoms with Gasteiger partial charge in [-0.1, -0.05) is 28.8 Å². The first kappa shape index (κ1) is 11.6. The van der Waals surface area contributed by atoms with Crippen molar-refractivity contribution < 1.29 is 4.79 Å². The van der Waals surface area contributed by atoms with Crippen LogP contribution >= 0.6 is 15.9 Å². The number of terminal acetylenes is 1. The monoisotopic (exact) mass is 257 g/mol. The third-order valence-corrected chi connectivity index (χ3v) is 3.93. The van der Waals surface area contributed by atoms with Crippen LogP contribution in [0, 0.1) is 18.3 Å².